The van der Waals surface area contributed by atoms with Gasteiger partial charge < -0.3 is 15.5 Å². The van der Waals surface area contributed by atoms with Gasteiger partial charge in [0.1, 0.15) is 0 Å². The van der Waals surface area contributed by atoms with E-state index in [1.807, 2.05) is 6.08 Å². The molecule has 0 spiro atoms. The summed E-state index contributed by atoms with van der Waals surface area (Å²) in [7, 11) is 0. The molecule has 3 N–H and O–H groups in total. The Kier molecular flexibility index (Phi) is 47.9. The van der Waals surface area contributed by atoms with Crippen molar-refractivity contribution in [2.75, 3.05) is 6.61 Å². The van der Waals surface area contributed by atoms with Gasteiger partial charge in [0.15, 0.2) is 0 Å². The Morgan fingerprint density at radius 3 is 1.12 bits per heavy atom. The number of amides is 1. The minimum absolute atomic E-state index is 0.0746. The van der Waals surface area contributed by atoms with Gasteiger partial charge in [-0.2, -0.15) is 0 Å². The molecule has 4 heteroatoms. The minimum Gasteiger partial charge on any atom is -0.394 e. The molecule has 59 heavy (non-hydrogen) atoms. The summed E-state index contributed by atoms with van der Waals surface area (Å²) in [5, 5.41) is 23.1. The number of hydrogen-bond donors (Lipinski definition) is 3. The first-order valence-corrected chi connectivity index (χ1v) is 25.3. The van der Waals surface area contributed by atoms with Crippen LogP contribution >= 0.6 is 0 Å². The molecule has 0 aromatic heterocycles. The van der Waals surface area contributed by atoms with Gasteiger partial charge in [-0.05, 0) is 70.6 Å². The average Bonchev–Trinajstić information content (AvgIpc) is 3.24. The third-order valence-corrected chi connectivity index (χ3v) is 11.1. The van der Waals surface area contributed by atoms with Crippen LogP contribution in [0.3, 0.4) is 0 Å². The number of aliphatic hydroxyl groups is 2. The van der Waals surface area contributed by atoms with Gasteiger partial charge in [-0.3, -0.25) is 4.79 Å². The summed E-state index contributed by atoms with van der Waals surface area (Å²) >= 11 is 0. The van der Waals surface area contributed by atoms with Crippen molar-refractivity contribution in [1.82, 2.24) is 5.32 Å². The van der Waals surface area contributed by atoms with E-state index in [-0.39, 0.29) is 12.5 Å². The maximum atomic E-state index is 12.4. The molecule has 0 bridgehead atoms. The monoisotopic (exact) mass is 820 g/mol. The van der Waals surface area contributed by atoms with E-state index in [0.29, 0.717) is 6.42 Å². The molecule has 4 nitrogen and oxygen atoms in total. The van der Waals surface area contributed by atoms with E-state index in [4.69, 9.17) is 0 Å². The maximum Gasteiger partial charge on any atom is 0.220 e. The van der Waals surface area contributed by atoms with E-state index < -0.39 is 12.1 Å². The highest BCUT2D eigenvalue weighted by atomic mass is 16.3. The molecule has 0 rings (SSSR count). The fraction of sp³-hybridized carbons (Fsp3) is 0.727. The van der Waals surface area contributed by atoms with Crippen LogP contribution in [0.25, 0.3) is 0 Å². The summed E-state index contributed by atoms with van der Waals surface area (Å²) in [5.41, 5.74) is 0. The van der Waals surface area contributed by atoms with E-state index in [2.05, 4.69) is 92.1 Å². The first kappa shape index (κ1) is 56.6. The molecule has 0 radical (unpaired) electrons. The third-order valence-electron chi connectivity index (χ3n) is 11.1. The second-order valence-corrected chi connectivity index (χ2v) is 16.9. The van der Waals surface area contributed by atoms with Crippen molar-refractivity contribution in [3.63, 3.8) is 0 Å². The van der Waals surface area contributed by atoms with Crippen LogP contribution in [0.15, 0.2) is 85.1 Å². The van der Waals surface area contributed by atoms with Crippen LogP contribution in [0.2, 0.25) is 0 Å². The zero-order chi connectivity index (χ0) is 42.8. The molecule has 2 unspecified atom stereocenters. The molecule has 0 heterocycles. The quantitative estimate of drug-likeness (QED) is 0.0423. The Labute approximate surface area is 367 Å². The molecule has 0 aliphatic heterocycles. The molecule has 0 aromatic rings. The lowest BCUT2D eigenvalue weighted by atomic mass is 10.0. The third kappa shape index (κ3) is 46.5. The topological polar surface area (TPSA) is 69.6 Å². The predicted molar refractivity (Wildman–Crippen MR) is 262 cm³/mol. The molecule has 1 amide bonds. The van der Waals surface area contributed by atoms with Crippen molar-refractivity contribution < 1.29 is 15.0 Å². The van der Waals surface area contributed by atoms with Gasteiger partial charge in [-0.25, -0.2) is 0 Å². The van der Waals surface area contributed by atoms with E-state index in [9.17, 15) is 15.0 Å². The highest BCUT2D eigenvalue weighted by Gasteiger charge is 2.18. The van der Waals surface area contributed by atoms with Crippen LogP contribution in [0.5, 0.6) is 0 Å². The van der Waals surface area contributed by atoms with Crippen LogP contribution in [0.1, 0.15) is 239 Å². The Bertz CT molecular complexity index is 1070. The van der Waals surface area contributed by atoms with Gasteiger partial charge in [0.25, 0.3) is 0 Å². The SMILES string of the molecule is CC/C=C\C/C=C\C/C=C\C/C=C\C/C=C\C/C=C\CCCCCCCCCCC(=O)NC(CO)C(O)/C=C/CCCCCCCCCCCCCCCCCCCC. The number of hydrogen-bond acceptors (Lipinski definition) is 3. The van der Waals surface area contributed by atoms with Crippen LogP contribution in [0, 0.1) is 0 Å². The number of allylic oxidation sites excluding steroid dienone is 13. The Balaban J connectivity index is 3.60. The van der Waals surface area contributed by atoms with E-state index in [1.54, 1.807) is 6.08 Å². The van der Waals surface area contributed by atoms with Crippen LogP contribution < -0.4 is 5.32 Å². The smallest absolute Gasteiger partial charge is 0.220 e. The minimum atomic E-state index is -0.848. The molecule has 0 aliphatic carbocycles. The lowest BCUT2D eigenvalue weighted by Crippen LogP contribution is -2.45. The van der Waals surface area contributed by atoms with Crippen molar-refractivity contribution in [2.24, 2.45) is 0 Å². The Morgan fingerprint density at radius 2 is 0.746 bits per heavy atom. The standard InChI is InChI=1S/C55H97NO3/c1-3-5-7-9-11-13-15-17-19-21-23-25-26-27-28-29-30-31-33-35-37-39-41-43-45-47-49-51-55(59)56-53(52-57)54(58)50-48-46-44-42-40-38-36-34-32-24-22-20-18-16-14-12-10-8-6-4-2/h5,7,11,13,17,19,23,25,27-28,30-31,48,50,53-54,57-58H,3-4,6,8-10,12,14-16,18,20-22,24,26,29,32-47,49,51-52H2,1-2H3,(H,56,59)/b7-5-,13-11-,19-17-,25-23-,28-27-,31-30-,50-48+. The number of nitrogens with one attached hydrogen (secondary N) is 1. The lowest BCUT2D eigenvalue weighted by molar-refractivity contribution is -0.123. The van der Waals surface area contributed by atoms with Crippen molar-refractivity contribution in [3.05, 3.63) is 85.1 Å². The maximum absolute atomic E-state index is 12.4. The fourth-order valence-electron chi connectivity index (χ4n) is 7.30. The summed E-state index contributed by atoms with van der Waals surface area (Å²) < 4.78 is 0. The van der Waals surface area contributed by atoms with Gasteiger partial charge >= 0.3 is 0 Å². The normalized spacial score (nSPS) is 13.6. The summed E-state index contributed by atoms with van der Waals surface area (Å²) in [6.07, 6.45) is 72.8. The largest absolute Gasteiger partial charge is 0.394 e. The van der Waals surface area contributed by atoms with Crippen LogP contribution in [0.4, 0.5) is 0 Å². The van der Waals surface area contributed by atoms with Gasteiger partial charge in [0.2, 0.25) is 5.91 Å². The molecule has 340 valence electrons. The second-order valence-electron chi connectivity index (χ2n) is 16.9. The summed E-state index contributed by atoms with van der Waals surface area (Å²) in [6.45, 7) is 4.20. The van der Waals surface area contributed by atoms with E-state index >= 15 is 0 Å². The van der Waals surface area contributed by atoms with Crippen molar-refractivity contribution in [2.45, 2.75) is 251 Å². The van der Waals surface area contributed by atoms with Gasteiger partial charge in [-0.15, -0.1) is 0 Å². The lowest BCUT2D eigenvalue weighted by Gasteiger charge is -2.20. The molecule has 0 aromatic carbocycles. The number of carbonyl (C=O) groups excluding carboxylic acids is 1. The summed E-state index contributed by atoms with van der Waals surface area (Å²) in [5.74, 6) is -0.0746. The van der Waals surface area contributed by atoms with Crippen molar-refractivity contribution in [1.29, 1.82) is 0 Å². The highest BCUT2D eigenvalue weighted by Crippen LogP contribution is 2.15. The second kappa shape index (κ2) is 49.9. The Hall–Kier alpha value is -2.43. The van der Waals surface area contributed by atoms with Gasteiger partial charge in [0, 0.05) is 6.42 Å². The zero-order valence-corrected chi connectivity index (χ0v) is 39.0. The molecular formula is C55H97NO3. The van der Waals surface area contributed by atoms with E-state index in [1.165, 1.54) is 148 Å². The van der Waals surface area contributed by atoms with Crippen molar-refractivity contribution in [3.8, 4) is 0 Å². The van der Waals surface area contributed by atoms with E-state index in [0.717, 1.165) is 70.6 Å². The molecule has 0 saturated heterocycles. The van der Waals surface area contributed by atoms with Crippen LogP contribution in [-0.2, 0) is 4.79 Å². The molecule has 2 atom stereocenters. The first-order valence-electron chi connectivity index (χ1n) is 25.3. The zero-order valence-electron chi connectivity index (χ0n) is 39.0. The summed E-state index contributed by atoms with van der Waals surface area (Å²) in [4.78, 5) is 12.4. The molecule has 0 fully saturated rings. The highest BCUT2D eigenvalue weighted by molar-refractivity contribution is 5.76. The Morgan fingerprint density at radius 1 is 0.424 bits per heavy atom. The van der Waals surface area contributed by atoms with Gasteiger partial charge in [-0.1, -0.05) is 247 Å². The van der Waals surface area contributed by atoms with Crippen molar-refractivity contribution >= 4 is 5.91 Å². The first-order chi connectivity index (χ1) is 29.2. The number of aliphatic hydroxyl groups excluding tert-OH is 2. The number of unbranched alkanes of at least 4 members (excludes halogenated alkanes) is 26. The fourth-order valence-corrected chi connectivity index (χ4v) is 7.30. The van der Waals surface area contributed by atoms with Crippen LogP contribution in [-0.4, -0.2) is 34.9 Å². The average molecular weight is 820 g/mol. The van der Waals surface area contributed by atoms with Gasteiger partial charge in [0.05, 0.1) is 18.8 Å². The molecule has 0 saturated carbocycles. The summed E-state index contributed by atoms with van der Waals surface area (Å²) in [6, 6.07) is -0.632. The molecule has 0 aliphatic rings. The molecular weight excluding hydrogens is 723 g/mol. The number of carbonyl (C=O) groups is 1. The predicted octanol–water partition coefficient (Wildman–Crippen LogP) is 16.4. The number of rotatable bonds is 45.